The minimum absolute atomic E-state index is 1.09. The number of para-hydroxylation sites is 3. The van der Waals surface area contributed by atoms with Gasteiger partial charge in [-0.15, -0.1) is 22.7 Å². The molecule has 336 valence electrons. The third-order valence-electron chi connectivity index (χ3n) is 13.5. The first-order chi connectivity index (χ1) is 35.2. The van der Waals surface area contributed by atoms with Gasteiger partial charge in [-0.2, -0.15) is 0 Å². The smallest absolute Gasteiger partial charge is 0.0640 e. The van der Waals surface area contributed by atoms with E-state index in [4.69, 9.17) is 0 Å². The van der Waals surface area contributed by atoms with Crippen LogP contribution in [0.25, 0.3) is 62.6 Å². The van der Waals surface area contributed by atoms with E-state index in [-0.39, 0.29) is 0 Å². The van der Waals surface area contributed by atoms with Crippen LogP contribution in [0.3, 0.4) is 0 Å². The first-order valence-electron chi connectivity index (χ1n) is 24.0. The lowest BCUT2D eigenvalue weighted by Gasteiger charge is -2.27. The predicted molar refractivity (Wildman–Crippen MR) is 307 cm³/mol. The third kappa shape index (κ3) is 7.88. The zero-order valence-electron chi connectivity index (χ0n) is 38.6. The molecule has 13 aromatic rings. The maximum absolute atomic E-state index is 2.39. The zero-order valence-corrected chi connectivity index (χ0v) is 40.3. The fourth-order valence-electron chi connectivity index (χ4n) is 10.1. The highest BCUT2D eigenvalue weighted by Crippen LogP contribution is 2.47. The molecular formula is C66H45N3S2. The normalized spacial score (nSPS) is 11.4. The Kier molecular flexibility index (Phi) is 10.9. The minimum Gasteiger partial charge on any atom is -0.311 e. The molecule has 11 aromatic carbocycles. The zero-order chi connectivity index (χ0) is 47.1. The molecule has 5 heteroatoms. The SMILES string of the molecule is c1ccc(N(c2ccc(-c3ccc(N(c4ccccc4)c4cccc5c4sc4ccccc45)cc3)cc2)c2ccc(-c3ccc(N(c4ccccc4)c4cccc5c4sc4ccccc45)cc3)cc2)cc1. The third-order valence-corrected chi connectivity index (χ3v) is 15.9. The average molecular weight is 944 g/mol. The van der Waals surface area contributed by atoms with Crippen molar-refractivity contribution in [1.29, 1.82) is 0 Å². The van der Waals surface area contributed by atoms with Crippen LogP contribution in [-0.2, 0) is 0 Å². The van der Waals surface area contributed by atoms with Crippen molar-refractivity contribution in [2.75, 3.05) is 14.7 Å². The van der Waals surface area contributed by atoms with E-state index in [2.05, 4.69) is 288 Å². The standard InChI is InChI=1S/C66H45N3S2/c1-4-16-50(17-5-1)67(53-38-30-46(31-39-53)48-34-42-55(43-35-48)68(51-18-6-2-7-19-51)61-26-14-24-59-57-22-10-12-28-63(57)70-65(59)61)54-40-32-47(33-41-54)49-36-44-56(45-37-49)69(52-20-8-3-9-21-52)62-27-15-25-60-58-23-11-13-29-64(58)71-66(60)62/h1-45H. The van der Waals surface area contributed by atoms with Crippen molar-refractivity contribution in [1.82, 2.24) is 0 Å². The van der Waals surface area contributed by atoms with E-state index in [1.54, 1.807) is 0 Å². The Bertz CT molecular complexity index is 3720. The molecule has 0 atom stereocenters. The van der Waals surface area contributed by atoms with Crippen LogP contribution in [0.15, 0.2) is 273 Å². The fourth-order valence-corrected chi connectivity index (χ4v) is 12.5. The van der Waals surface area contributed by atoms with Crippen LogP contribution in [0.4, 0.5) is 51.2 Å². The quantitative estimate of drug-likeness (QED) is 0.128. The second-order valence-electron chi connectivity index (χ2n) is 17.7. The summed E-state index contributed by atoms with van der Waals surface area (Å²) in [5.74, 6) is 0. The first kappa shape index (κ1) is 42.4. The van der Waals surface area contributed by atoms with E-state index in [1.807, 2.05) is 22.7 Å². The van der Waals surface area contributed by atoms with Crippen LogP contribution in [0.5, 0.6) is 0 Å². The molecule has 0 fully saturated rings. The largest absolute Gasteiger partial charge is 0.311 e. The van der Waals surface area contributed by atoms with Gasteiger partial charge < -0.3 is 14.7 Å². The molecule has 2 aromatic heterocycles. The van der Waals surface area contributed by atoms with Crippen molar-refractivity contribution >= 4 is 114 Å². The van der Waals surface area contributed by atoms with Gasteiger partial charge in [-0.25, -0.2) is 0 Å². The summed E-state index contributed by atoms with van der Waals surface area (Å²) in [6, 6.07) is 98.7. The van der Waals surface area contributed by atoms with Gasteiger partial charge in [0, 0.05) is 70.8 Å². The molecule has 0 bridgehead atoms. The van der Waals surface area contributed by atoms with Crippen LogP contribution < -0.4 is 14.7 Å². The fraction of sp³-hybridized carbons (Fsp3) is 0. The molecule has 0 N–H and O–H groups in total. The predicted octanol–water partition coefficient (Wildman–Crippen LogP) is 20.2. The van der Waals surface area contributed by atoms with E-state index in [0.29, 0.717) is 0 Å². The molecular weight excluding hydrogens is 899 g/mol. The molecule has 3 nitrogen and oxygen atoms in total. The average Bonchev–Trinajstić information content (AvgIpc) is 4.03. The van der Waals surface area contributed by atoms with Crippen molar-refractivity contribution in [3.05, 3.63) is 273 Å². The molecule has 2 heterocycles. The molecule has 0 saturated carbocycles. The van der Waals surface area contributed by atoms with Gasteiger partial charge in [-0.1, -0.05) is 164 Å². The number of benzene rings is 11. The highest BCUT2D eigenvalue weighted by Gasteiger charge is 2.20. The van der Waals surface area contributed by atoms with Crippen molar-refractivity contribution in [3.8, 4) is 22.3 Å². The Labute approximate surface area is 421 Å². The number of rotatable bonds is 11. The van der Waals surface area contributed by atoms with E-state index in [0.717, 1.165) is 50.9 Å². The number of thiophene rings is 2. The second-order valence-corrected chi connectivity index (χ2v) is 19.8. The summed E-state index contributed by atoms with van der Waals surface area (Å²) in [4.78, 5) is 7.10. The lowest BCUT2D eigenvalue weighted by molar-refractivity contribution is 1.28. The first-order valence-corrected chi connectivity index (χ1v) is 25.6. The number of hydrogen-bond acceptors (Lipinski definition) is 5. The molecule has 0 spiro atoms. The maximum atomic E-state index is 2.39. The molecule has 0 aliphatic heterocycles. The molecule has 0 saturated heterocycles. The number of fused-ring (bicyclic) bond motifs is 6. The van der Waals surface area contributed by atoms with Crippen LogP contribution in [0, 0.1) is 0 Å². The van der Waals surface area contributed by atoms with E-state index < -0.39 is 0 Å². The lowest BCUT2D eigenvalue weighted by Crippen LogP contribution is -2.10. The van der Waals surface area contributed by atoms with E-state index >= 15 is 0 Å². The van der Waals surface area contributed by atoms with Crippen molar-refractivity contribution in [2.24, 2.45) is 0 Å². The van der Waals surface area contributed by atoms with Crippen LogP contribution in [0.2, 0.25) is 0 Å². The van der Waals surface area contributed by atoms with Gasteiger partial charge in [0.1, 0.15) is 0 Å². The molecule has 0 unspecified atom stereocenters. The van der Waals surface area contributed by atoms with Crippen LogP contribution >= 0.6 is 22.7 Å². The maximum Gasteiger partial charge on any atom is 0.0640 e. The Morgan fingerprint density at radius 1 is 0.197 bits per heavy atom. The van der Waals surface area contributed by atoms with Gasteiger partial charge in [0.15, 0.2) is 0 Å². The highest BCUT2D eigenvalue weighted by atomic mass is 32.1. The lowest BCUT2D eigenvalue weighted by atomic mass is 10.0. The molecule has 0 aliphatic rings. The van der Waals surface area contributed by atoms with Crippen molar-refractivity contribution < 1.29 is 0 Å². The second kappa shape index (κ2) is 18.3. The molecule has 0 amide bonds. The number of nitrogens with zero attached hydrogens (tertiary/aromatic N) is 3. The van der Waals surface area contributed by atoms with E-state index in [1.165, 1.54) is 62.8 Å². The molecule has 71 heavy (non-hydrogen) atoms. The van der Waals surface area contributed by atoms with Gasteiger partial charge in [-0.3, -0.25) is 0 Å². The Morgan fingerprint density at radius 3 is 0.817 bits per heavy atom. The van der Waals surface area contributed by atoms with Gasteiger partial charge in [-0.05, 0) is 131 Å². The number of hydrogen-bond donors (Lipinski definition) is 0. The highest BCUT2D eigenvalue weighted by molar-refractivity contribution is 7.26. The Morgan fingerprint density at radius 2 is 0.465 bits per heavy atom. The summed E-state index contributed by atoms with van der Waals surface area (Å²) < 4.78 is 5.17. The molecule has 0 aliphatic carbocycles. The van der Waals surface area contributed by atoms with Crippen molar-refractivity contribution in [2.45, 2.75) is 0 Å². The monoisotopic (exact) mass is 943 g/mol. The molecule has 13 rings (SSSR count). The number of anilines is 9. The van der Waals surface area contributed by atoms with Crippen molar-refractivity contribution in [3.63, 3.8) is 0 Å². The topological polar surface area (TPSA) is 9.72 Å². The van der Waals surface area contributed by atoms with E-state index in [9.17, 15) is 0 Å². The van der Waals surface area contributed by atoms with Gasteiger partial charge in [0.25, 0.3) is 0 Å². The summed E-state index contributed by atoms with van der Waals surface area (Å²) in [5, 5.41) is 5.18. The summed E-state index contributed by atoms with van der Waals surface area (Å²) in [6.07, 6.45) is 0. The summed E-state index contributed by atoms with van der Waals surface area (Å²) in [5.41, 5.74) is 14.8. The molecule has 0 radical (unpaired) electrons. The van der Waals surface area contributed by atoms with Crippen LogP contribution in [0.1, 0.15) is 0 Å². The van der Waals surface area contributed by atoms with Gasteiger partial charge >= 0.3 is 0 Å². The summed E-state index contributed by atoms with van der Waals surface area (Å²) in [7, 11) is 0. The summed E-state index contributed by atoms with van der Waals surface area (Å²) in [6.45, 7) is 0. The Balaban J connectivity index is 0.787. The van der Waals surface area contributed by atoms with Gasteiger partial charge in [0.05, 0.1) is 20.8 Å². The van der Waals surface area contributed by atoms with Gasteiger partial charge in [0.2, 0.25) is 0 Å². The minimum atomic E-state index is 1.09. The summed E-state index contributed by atoms with van der Waals surface area (Å²) >= 11 is 3.72. The Hall–Kier alpha value is -8.74. The van der Waals surface area contributed by atoms with Crippen LogP contribution in [-0.4, -0.2) is 0 Å².